The number of carbonyl (C=O) groups excluding carboxylic acids is 1. The fourth-order valence-corrected chi connectivity index (χ4v) is 3.06. The maximum absolute atomic E-state index is 11.9. The number of nitrogens with one attached hydrogen (secondary N) is 1. The fourth-order valence-electron chi connectivity index (χ4n) is 2.52. The summed E-state index contributed by atoms with van der Waals surface area (Å²) in [6, 6.07) is 19.9. The molecule has 3 aromatic carbocycles. The zero-order valence-electron chi connectivity index (χ0n) is 14.4. The van der Waals surface area contributed by atoms with E-state index in [-0.39, 0.29) is 12.5 Å². The van der Waals surface area contributed by atoms with E-state index in [4.69, 9.17) is 4.74 Å². The van der Waals surface area contributed by atoms with Crippen LogP contribution in [0.15, 0.2) is 70.2 Å². The first-order valence-electron chi connectivity index (χ1n) is 8.37. The van der Waals surface area contributed by atoms with Crippen LogP contribution in [0.2, 0.25) is 0 Å². The molecule has 0 radical (unpaired) electrons. The number of nitrogens with zero attached hydrogens (tertiary/aromatic N) is 1. The van der Waals surface area contributed by atoms with Crippen molar-refractivity contribution in [1.29, 1.82) is 0 Å². The quantitative estimate of drug-likeness (QED) is 0.473. The van der Waals surface area contributed by atoms with Gasteiger partial charge in [0, 0.05) is 0 Å². The molecule has 0 aliphatic heterocycles. The van der Waals surface area contributed by atoms with Crippen molar-refractivity contribution in [2.45, 2.75) is 13.3 Å². The second kappa shape index (κ2) is 8.63. The van der Waals surface area contributed by atoms with Gasteiger partial charge in [-0.1, -0.05) is 49.4 Å². The second-order valence-corrected chi connectivity index (χ2v) is 6.66. The van der Waals surface area contributed by atoms with Gasteiger partial charge in [-0.3, -0.25) is 4.79 Å². The molecule has 4 nitrogen and oxygen atoms in total. The lowest BCUT2D eigenvalue weighted by Crippen LogP contribution is -2.24. The molecule has 0 atom stereocenters. The molecule has 1 N–H and O–H groups in total. The first-order chi connectivity index (χ1) is 12.7. The highest BCUT2D eigenvalue weighted by atomic mass is 79.9. The van der Waals surface area contributed by atoms with Crippen molar-refractivity contribution < 1.29 is 9.53 Å². The molecular formula is C21H19BrN2O2. The van der Waals surface area contributed by atoms with Gasteiger partial charge in [0.15, 0.2) is 6.61 Å². The predicted octanol–water partition coefficient (Wildman–Crippen LogP) is 4.69. The van der Waals surface area contributed by atoms with Crippen LogP contribution in [0.4, 0.5) is 0 Å². The summed E-state index contributed by atoms with van der Waals surface area (Å²) in [6.45, 7) is 1.99. The Hall–Kier alpha value is -2.66. The Morgan fingerprint density at radius 1 is 1.12 bits per heavy atom. The Balaban J connectivity index is 1.54. The molecule has 0 aliphatic carbocycles. The maximum Gasteiger partial charge on any atom is 0.277 e. The number of carbonyl (C=O) groups is 1. The van der Waals surface area contributed by atoms with Crippen molar-refractivity contribution in [2.75, 3.05) is 6.61 Å². The zero-order chi connectivity index (χ0) is 18.4. The highest BCUT2D eigenvalue weighted by Crippen LogP contribution is 2.26. The molecule has 132 valence electrons. The summed E-state index contributed by atoms with van der Waals surface area (Å²) >= 11 is 3.45. The molecule has 26 heavy (non-hydrogen) atoms. The van der Waals surface area contributed by atoms with Crippen molar-refractivity contribution in [3.8, 4) is 5.75 Å². The summed E-state index contributed by atoms with van der Waals surface area (Å²) in [6.07, 6.45) is 2.57. The van der Waals surface area contributed by atoms with Crippen LogP contribution in [-0.2, 0) is 11.2 Å². The van der Waals surface area contributed by atoms with E-state index in [2.05, 4.69) is 39.4 Å². The van der Waals surface area contributed by atoms with Gasteiger partial charge in [-0.25, -0.2) is 5.43 Å². The maximum atomic E-state index is 11.9. The van der Waals surface area contributed by atoms with Gasteiger partial charge in [-0.05, 0) is 62.4 Å². The number of amides is 1. The summed E-state index contributed by atoms with van der Waals surface area (Å²) in [4.78, 5) is 11.9. The summed E-state index contributed by atoms with van der Waals surface area (Å²) in [5.41, 5.74) is 4.60. The molecule has 0 heterocycles. The SMILES string of the molecule is CCc1ccc(OCC(=O)NN=Cc2ccc3ccccc3c2)c(Br)c1. The lowest BCUT2D eigenvalue weighted by molar-refractivity contribution is -0.123. The lowest BCUT2D eigenvalue weighted by Gasteiger charge is -2.08. The molecular weight excluding hydrogens is 392 g/mol. The third-order valence-electron chi connectivity index (χ3n) is 3.94. The van der Waals surface area contributed by atoms with E-state index in [0.29, 0.717) is 5.75 Å². The van der Waals surface area contributed by atoms with Crippen molar-refractivity contribution in [1.82, 2.24) is 5.43 Å². The fraction of sp³-hybridized carbons (Fsp3) is 0.143. The highest BCUT2D eigenvalue weighted by Gasteiger charge is 2.05. The van der Waals surface area contributed by atoms with Crippen molar-refractivity contribution in [3.05, 3.63) is 76.3 Å². The van der Waals surface area contributed by atoms with Crippen LogP contribution in [0.3, 0.4) is 0 Å². The minimum atomic E-state index is -0.312. The largest absolute Gasteiger partial charge is 0.483 e. The summed E-state index contributed by atoms with van der Waals surface area (Å²) in [5.74, 6) is 0.323. The van der Waals surface area contributed by atoms with E-state index in [9.17, 15) is 4.79 Å². The molecule has 0 fully saturated rings. The molecule has 1 amide bonds. The monoisotopic (exact) mass is 410 g/mol. The predicted molar refractivity (Wildman–Crippen MR) is 109 cm³/mol. The van der Waals surface area contributed by atoms with Gasteiger partial charge in [-0.2, -0.15) is 5.10 Å². The Morgan fingerprint density at radius 2 is 1.92 bits per heavy atom. The lowest BCUT2D eigenvalue weighted by atomic mass is 10.1. The molecule has 0 saturated heterocycles. The van der Waals surface area contributed by atoms with Crippen LogP contribution in [0.5, 0.6) is 5.75 Å². The average Bonchev–Trinajstić information content (AvgIpc) is 2.67. The molecule has 0 saturated carbocycles. The minimum absolute atomic E-state index is 0.0981. The van der Waals surface area contributed by atoms with Gasteiger partial charge >= 0.3 is 0 Å². The first-order valence-corrected chi connectivity index (χ1v) is 9.17. The Kier molecular flexibility index (Phi) is 6.02. The Morgan fingerprint density at radius 3 is 2.69 bits per heavy atom. The summed E-state index contributed by atoms with van der Waals surface area (Å²) in [5, 5.41) is 6.29. The van der Waals surface area contributed by atoms with Crippen LogP contribution < -0.4 is 10.2 Å². The van der Waals surface area contributed by atoms with Crippen LogP contribution in [0, 0.1) is 0 Å². The molecule has 0 spiro atoms. The molecule has 5 heteroatoms. The third-order valence-corrected chi connectivity index (χ3v) is 4.56. The van der Waals surface area contributed by atoms with Crippen molar-refractivity contribution >= 4 is 38.8 Å². The van der Waals surface area contributed by atoms with E-state index in [1.54, 1.807) is 6.21 Å². The number of benzene rings is 3. The van der Waals surface area contributed by atoms with E-state index >= 15 is 0 Å². The van der Waals surface area contributed by atoms with Crippen LogP contribution in [-0.4, -0.2) is 18.7 Å². The molecule has 0 aliphatic rings. The highest BCUT2D eigenvalue weighted by molar-refractivity contribution is 9.10. The number of aryl methyl sites for hydroxylation is 1. The second-order valence-electron chi connectivity index (χ2n) is 5.81. The van der Waals surface area contributed by atoms with Crippen LogP contribution >= 0.6 is 15.9 Å². The minimum Gasteiger partial charge on any atom is -0.483 e. The van der Waals surface area contributed by atoms with Gasteiger partial charge in [0.25, 0.3) is 5.91 Å². The topological polar surface area (TPSA) is 50.7 Å². The third kappa shape index (κ3) is 4.70. The molecule has 3 rings (SSSR count). The van der Waals surface area contributed by atoms with Crippen molar-refractivity contribution in [3.63, 3.8) is 0 Å². The zero-order valence-corrected chi connectivity index (χ0v) is 16.0. The van der Waals surface area contributed by atoms with Crippen molar-refractivity contribution in [2.24, 2.45) is 5.10 Å². The van der Waals surface area contributed by atoms with Gasteiger partial charge in [-0.15, -0.1) is 0 Å². The Bertz CT molecular complexity index is 954. The number of hydrogen-bond donors (Lipinski definition) is 1. The Labute approximate surface area is 161 Å². The smallest absolute Gasteiger partial charge is 0.277 e. The normalized spacial score (nSPS) is 11.0. The first kappa shape index (κ1) is 18.1. The molecule has 0 bridgehead atoms. The van der Waals surface area contributed by atoms with E-state index in [1.165, 1.54) is 10.9 Å². The molecule has 0 unspecified atom stereocenters. The van der Waals surface area contributed by atoms with E-state index in [0.717, 1.165) is 21.8 Å². The van der Waals surface area contributed by atoms with Crippen LogP contribution in [0.1, 0.15) is 18.1 Å². The van der Waals surface area contributed by atoms with E-state index in [1.807, 2.05) is 54.6 Å². The number of ether oxygens (including phenoxy) is 1. The van der Waals surface area contributed by atoms with Gasteiger partial charge in [0.05, 0.1) is 10.7 Å². The average molecular weight is 411 g/mol. The number of hydrogen-bond acceptors (Lipinski definition) is 3. The van der Waals surface area contributed by atoms with Gasteiger partial charge in [0.1, 0.15) is 5.75 Å². The number of halogens is 1. The standard InChI is InChI=1S/C21H19BrN2O2/c1-2-15-8-10-20(19(22)12-15)26-14-21(25)24-23-13-16-7-9-17-5-3-4-6-18(17)11-16/h3-13H,2,14H2,1H3,(H,24,25). The molecule has 0 aromatic heterocycles. The van der Waals surface area contributed by atoms with E-state index < -0.39 is 0 Å². The summed E-state index contributed by atoms with van der Waals surface area (Å²) in [7, 11) is 0. The van der Waals surface area contributed by atoms with Crippen LogP contribution in [0.25, 0.3) is 10.8 Å². The van der Waals surface area contributed by atoms with Gasteiger partial charge < -0.3 is 4.74 Å². The molecule has 3 aromatic rings. The number of hydrazone groups is 1. The summed E-state index contributed by atoms with van der Waals surface area (Å²) < 4.78 is 6.36. The number of fused-ring (bicyclic) bond motifs is 1. The van der Waals surface area contributed by atoms with Gasteiger partial charge in [0.2, 0.25) is 0 Å². The number of rotatable bonds is 6.